The molecule has 0 spiro atoms. The monoisotopic (exact) mass is 334 g/mol. The van der Waals surface area contributed by atoms with E-state index in [1.807, 2.05) is 43.3 Å². The summed E-state index contributed by atoms with van der Waals surface area (Å²) in [5.74, 6) is 6.57. The van der Waals surface area contributed by atoms with Crippen molar-refractivity contribution in [2.75, 3.05) is 6.61 Å². The van der Waals surface area contributed by atoms with Gasteiger partial charge in [0.05, 0.1) is 6.61 Å². The van der Waals surface area contributed by atoms with Crippen LogP contribution < -0.4 is 16.0 Å². The number of nitrogens with two attached hydrogens (primary N) is 1. The Morgan fingerprint density at radius 1 is 1.10 bits per heavy atom. The van der Waals surface area contributed by atoms with Crippen LogP contribution in [0.4, 0.5) is 0 Å². The van der Waals surface area contributed by atoms with Gasteiger partial charge in [0.15, 0.2) is 0 Å². The van der Waals surface area contributed by atoms with Gasteiger partial charge in [0.25, 0.3) is 0 Å². The summed E-state index contributed by atoms with van der Waals surface area (Å²) in [6.07, 6.45) is 0.845. The van der Waals surface area contributed by atoms with Gasteiger partial charge >= 0.3 is 0 Å². The molecule has 1 atom stereocenters. The minimum Gasteiger partial charge on any atom is -0.494 e. The average Bonchev–Trinajstić information content (AvgIpc) is 2.48. The van der Waals surface area contributed by atoms with Crippen molar-refractivity contribution in [2.24, 2.45) is 5.84 Å². The lowest BCUT2D eigenvalue weighted by atomic mass is 9.99. The number of ether oxygens (including phenoxy) is 1. The Morgan fingerprint density at radius 2 is 1.75 bits per heavy atom. The molecule has 0 fully saturated rings. The summed E-state index contributed by atoms with van der Waals surface area (Å²) in [6, 6.07) is 16.4. The standard InChI is InChI=1S/C16H19BrN2O/c1-2-20-15-9-5-13(6-10-15)16(19-18)11-12-3-7-14(17)8-4-12/h3-10,16,19H,2,11,18H2,1H3. The Hall–Kier alpha value is -1.36. The van der Waals surface area contributed by atoms with Crippen LogP contribution in [0.15, 0.2) is 53.0 Å². The van der Waals surface area contributed by atoms with Crippen molar-refractivity contribution in [1.29, 1.82) is 0 Å². The molecule has 0 aliphatic rings. The minimum atomic E-state index is 0.0897. The van der Waals surface area contributed by atoms with Crippen molar-refractivity contribution in [2.45, 2.75) is 19.4 Å². The van der Waals surface area contributed by atoms with Gasteiger partial charge in [0.2, 0.25) is 0 Å². The number of benzene rings is 2. The first-order valence-electron chi connectivity index (χ1n) is 6.66. The Morgan fingerprint density at radius 3 is 2.30 bits per heavy atom. The topological polar surface area (TPSA) is 47.3 Å². The van der Waals surface area contributed by atoms with Crippen molar-refractivity contribution in [3.8, 4) is 5.75 Å². The smallest absolute Gasteiger partial charge is 0.119 e. The molecule has 0 aromatic heterocycles. The summed E-state index contributed by atoms with van der Waals surface area (Å²) in [4.78, 5) is 0. The van der Waals surface area contributed by atoms with Crippen LogP contribution in [-0.4, -0.2) is 6.61 Å². The summed E-state index contributed by atoms with van der Waals surface area (Å²) in [5.41, 5.74) is 5.27. The Labute approximate surface area is 128 Å². The van der Waals surface area contributed by atoms with Crippen LogP contribution in [0.25, 0.3) is 0 Å². The molecule has 0 amide bonds. The molecular weight excluding hydrogens is 316 g/mol. The van der Waals surface area contributed by atoms with E-state index in [9.17, 15) is 0 Å². The predicted molar refractivity (Wildman–Crippen MR) is 85.5 cm³/mol. The summed E-state index contributed by atoms with van der Waals surface area (Å²) in [6.45, 7) is 2.66. The largest absolute Gasteiger partial charge is 0.494 e. The molecule has 0 radical (unpaired) electrons. The lowest BCUT2D eigenvalue weighted by Gasteiger charge is -2.17. The maximum absolute atomic E-state index is 5.69. The summed E-state index contributed by atoms with van der Waals surface area (Å²) in [7, 11) is 0. The van der Waals surface area contributed by atoms with Crippen LogP contribution in [0, 0.1) is 0 Å². The van der Waals surface area contributed by atoms with E-state index in [0.29, 0.717) is 6.61 Å². The van der Waals surface area contributed by atoms with Crippen LogP contribution >= 0.6 is 15.9 Å². The lowest BCUT2D eigenvalue weighted by Crippen LogP contribution is -2.29. The Bertz CT molecular complexity index is 525. The van der Waals surface area contributed by atoms with Crippen LogP contribution in [0.3, 0.4) is 0 Å². The van der Waals surface area contributed by atoms with Gasteiger partial charge in [-0.2, -0.15) is 0 Å². The molecule has 4 heteroatoms. The third-order valence-electron chi connectivity index (χ3n) is 3.15. The van der Waals surface area contributed by atoms with Crippen molar-refractivity contribution in [1.82, 2.24) is 5.43 Å². The van der Waals surface area contributed by atoms with Gasteiger partial charge < -0.3 is 4.74 Å². The maximum Gasteiger partial charge on any atom is 0.119 e. The van der Waals surface area contributed by atoms with E-state index in [0.717, 1.165) is 22.2 Å². The number of hydrazine groups is 1. The fourth-order valence-corrected chi connectivity index (χ4v) is 2.36. The van der Waals surface area contributed by atoms with Gasteiger partial charge in [0.1, 0.15) is 5.75 Å². The van der Waals surface area contributed by atoms with E-state index in [-0.39, 0.29) is 6.04 Å². The van der Waals surface area contributed by atoms with Gasteiger partial charge in [-0.3, -0.25) is 11.3 Å². The quantitative estimate of drug-likeness (QED) is 0.626. The number of hydrogen-bond acceptors (Lipinski definition) is 3. The fourth-order valence-electron chi connectivity index (χ4n) is 2.09. The Balaban J connectivity index is 2.09. The highest BCUT2D eigenvalue weighted by Crippen LogP contribution is 2.21. The fraction of sp³-hybridized carbons (Fsp3) is 0.250. The molecule has 106 valence electrons. The average molecular weight is 335 g/mol. The molecule has 0 aliphatic carbocycles. The zero-order valence-corrected chi connectivity index (χ0v) is 13.1. The van der Waals surface area contributed by atoms with Gasteiger partial charge in [-0.15, -0.1) is 0 Å². The molecule has 2 aromatic carbocycles. The zero-order chi connectivity index (χ0) is 14.4. The predicted octanol–water partition coefficient (Wildman–Crippen LogP) is 3.59. The molecule has 1 unspecified atom stereocenters. The first-order chi connectivity index (χ1) is 9.72. The second-order valence-electron chi connectivity index (χ2n) is 4.55. The molecule has 0 bridgehead atoms. The highest BCUT2D eigenvalue weighted by molar-refractivity contribution is 9.10. The molecule has 0 heterocycles. The van der Waals surface area contributed by atoms with Gasteiger partial charge in [-0.1, -0.05) is 40.2 Å². The zero-order valence-electron chi connectivity index (χ0n) is 11.5. The summed E-state index contributed by atoms with van der Waals surface area (Å²) < 4.78 is 6.53. The van der Waals surface area contributed by atoms with Gasteiger partial charge in [-0.05, 0) is 48.7 Å². The molecule has 0 aliphatic heterocycles. The molecule has 2 aromatic rings. The molecule has 0 saturated heterocycles. The van der Waals surface area contributed by atoms with Crippen LogP contribution in [0.5, 0.6) is 5.75 Å². The van der Waals surface area contributed by atoms with Crippen molar-refractivity contribution < 1.29 is 4.74 Å². The van der Waals surface area contributed by atoms with E-state index < -0.39 is 0 Å². The van der Waals surface area contributed by atoms with Crippen molar-refractivity contribution in [3.63, 3.8) is 0 Å². The van der Waals surface area contributed by atoms with E-state index in [1.165, 1.54) is 5.56 Å². The van der Waals surface area contributed by atoms with Crippen LogP contribution in [-0.2, 0) is 6.42 Å². The van der Waals surface area contributed by atoms with E-state index in [1.54, 1.807) is 0 Å². The first kappa shape index (κ1) is 15.0. The van der Waals surface area contributed by atoms with E-state index >= 15 is 0 Å². The normalized spacial score (nSPS) is 12.2. The molecular formula is C16H19BrN2O. The van der Waals surface area contributed by atoms with Crippen molar-refractivity contribution in [3.05, 3.63) is 64.1 Å². The second-order valence-corrected chi connectivity index (χ2v) is 5.47. The molecule has 20 heavy (non-hydrogen) atoms. The molecule has 2 rings (SSSR count). The van der Waals surface area contributed by atoms with Crippen molar-refractivity contribution >= 4 is 15.9 Å². The van der Waals surface area contributed by atoms with Gasteiger partial charge in [0, 0.05) is 10.5 Å². The second kappa shape index (κ2) is 7.43. The van der Waals surface area contributed by atoms with Crippen LogP contribution in [0.1, 0.15) is 24.1 Å². The van der Waals surface area contributed by atoms with Gasteiger partial charge in [-0.25, -0.2) is 0 Å². The number of hydrogen-bond donors (Lipinski definition) is 2. The highest BCUT2D eigenvalue weighted by Gasteiger charge is 2.10. The summed E-state index contributed by atoms with van der Waals surface area (Å²) in [5, 5.41) is 0. The third-order valence-corrected chi connectivity index (χ3v) is 3.68. The van der Waals surface area contributed by atoms with Crippen LogP contribution in [0.2, 0.25) is 0 Å². The number of nitrogens with one attached hydrogen (secondary N) is 1. The minimum absolute atomic E-state index is 0.0897. The first-order valence-corrected chi connectivity index (χ1v) is 7.45. The van der Waals surface area contributed by atoms with E-state index in [2.05, 4.69) is 33.5 Å². The molecule has 3 N–H and O–H groups in total. The molecule has 0 saturated carbocycles. The summed E-state index contributed by atoms with van der Waals surface area (Å²) >= 11 is 3.44. The molecule has 3 nitrogen and oxygen atoms in total. The lowest BCUT2D eigenvalue weighted by molar-refractivity contribution is 0.340. The van der Waals surface area contributed by atoms with E-state index in [4.69, 9.17) is 10.6 Å². The maximum atomic E-state index is 5.69. The SMILES string of the molecule is CCOc1ccc(C(Cc2ccc(Br)cc2)NN)cc1. The Kier molecular flexibility index (Phi) is 5.59. The highest BCUT2D eigenvalue weighted by atomic mass is 79.9. The number of rotatable bonds is 6. The third kappa shape index (κ3) is 4.07. The number of halogens is 1.